The van der Waals surface area contributed by atoms with Gasteiger partial charge < -0.3 is 10.2 Å². The summed E-state index contributed by atoms with van der Waals surface area (Å²) >= 11 is 0. The van der Waals surface area contributed by atoms with Gasteiger partial charge in [-0.25, -0.2) is 0 Å². The summed E-state index contributed by atoms with van der Waals surface area (Å²) < 4.78 is 38.8. The highest BCUT2D eigenvalue weighted by Crippen LogP contribution is 2.38. The molecule has 2 atom stereocenters. The molecule has 1 aliphatic heterocycles. The van der Waals surface area contributed by atoms with E-state index in [-0.39, 0.29) is 23.9 Å². The van der Waals surface area contributed by atoms with Crippen LogP contribution in [0.1, 0.15) is 43.4 Å². The standard InChI is InChI=1S/C17H21F3N2O/c1-11(12-3-2-4-14(9-12)17(18,19)20)22(15-5-6-15)16(23)13-7-8-21-10-13/h2-4,9,11,13,15,21H,5-8,10H2,1H3/t11-,13-/m1/s1. The van der Waals surface area contributed by atoms with Crippen molar-refractivity contribution in [2.45, 2.75) is 44.4 Å². The number of hydrogen-bond donors (Lipinski definition) is 1. The molecule has 23 heavy (non-hydrogen) atoms. The van der Waals surface area contributed by atoms with Crippen LogP contribution in [0, 0.1) is 5.92 Å². The molecule has 126 valence electrons. The average molecular weight is 326 g/mol. The molecule has 1 heterocycles. The van der Waals surface area contributed by atoms with Crippen LogP contribution in [0.3, 0.4) is 0 Å². The molecule has 2 aliphatic rings. The van der Waals surface area contributed by atoms with Crippen molar-refractivity contribution in [3.8, 4) is 0 Å². The molecule has 1 saturated heterocycles. The first kappa shape index (κ1) is 16.3. The Labute approximate surface area is 133 Å². The van der Waals surface area contributed by atoms with Crippen molar-refractivity contribution in [3.63, 3.8) is 0 Å². The van der Waals surface area contributed by atoms with E-state index in [0.29, 0.717) is 12.1 Å². The van der Waals surface area contributed by atoms with Gasteiger partial charge in [-0.05, 0) is 50.4 Å². The Hall–Kier alpha value is -1.56. The van der Waals surface area contributed by atoms with E-state index in [4.69, 9.17) is 0 Å². The molecule has 3 nitrogen and oxygen atoms in total. The van der Waals surface area contributed by atoms with Gasteiger partial charge >= 0.3 is 6.18 Å². The van der Waals surface area contributed by atoms with Crippen LogP contribution in [0.2, 0.25) is 0 Å². The summed E-state index contributed by atoms with van der Waals surface area (Å²) in [4.78, 5) is 14.6. The van der Waals surface area contributed by atoms with E-state index in [1.165, 1.54) is 12.1 Å². The lowest BCUT2D eigenvalue weighted by Gasteiger charge is -2.32. The van der Waals surface area contributed by atoms with Crippen LogP contribution in [-0.4, -0.2) is 29.9 Å². The summed E-state index contributed by atoms with van der Waals surface area (Å²) in [7, 11) is 0. The van der Waals surface area contributed by atoms with Crippen LogP contribution in [0.4, 0.5) is 13.2 Å². The fraction of sp³-hybridized carbons (Fsp3) is 0.588. The van der Waals surface area contributed by atoms with E-state index in [1.54, 1.807) is 6.07 Å². The Balaban J connectivity index is 1.84. The number of amides is 1. The van der Waals surface area contributed by atoms with E-state index >= 15 is 0 Å². The minimum Gasteiger partial charge on any atom is -0.333 e. The maximum absolute atomic E-state index is 12.9. The number of benzene rings is 1. The van der Waals surface area contributed by atoms with Crippen molar-refractivity contribution in [1.82, 2.24) is 10.2 Å². The first-order valence-electron chi connectivity index (χ1n) is 8.08. The van der Waals surface area contributed by atoms with E-state index in [9.17, 15) is 18.0 Å². The van der Waals surface area contributed by atoms with Crippen molar-refractivity contribution in [3.05, 3.63) is 35.4 Å². The van der Waals surface area contributed by atoms with Crippen LogP contribution in [0.15, 0.2) is 24.3 Å². The number of alkyl halides is 3. The first-order valence-corrected chi connectivity index (χ1v) is 8.08. The molecule has 0 spiro atoms. The summed E-state index contributed by atoms with van der Waals surface area (Å²) in [5.41, 5.74) is -0.112. The third kappa shape index (κ3) is 3.52. The zero-order chi connectivity index (χ0) is 16.6. The molecule has 1 aliphatic carbocycles. The molecule has 0 unspecified atom stereocenters. The Morgan fingerprint density at radius 2 is 2.04 bits per heavy atom. The molecule has 1 saturated carbocycles. The number of nitrogens with zero attached hydrogens (tertiary/aromatic N) is 1. The van der Waals surface area contributed by atoms with Gasteiger partial charge in [-0.2, -0.15) is 13.2 Å². The van der Waals surface area contributed by atoms with Gasteiger partial charge in [0, 0.05) is 12.6 Å². The van der Waals surface area contributed by atoms with E-state index in [0.717, 1.165) is 31.9 Å². The molecule has 6 heteroatoms. The van der Waals surface area contributed by atoms with Gasteiger partial charge in [0.1, 0.15) is 0 Å². The van der Waals surface area contributed by atoms with Crippen molar-refractivity contribution in [1.29, 1.82) is 0 Å². The molecular formula is C17H21F3N2O. The Bertz CT molecular complexity index is 577. The normalized spacial score (nSPS) is 22.9. The first-order chi connectivity index (χ1) is 10.9. The maximum Gasteiger partial charge on any atom is 0.416 e. The predicted molar refractivity (Wildman–Crippen MR) is 80.7 cm³/mol. The van der Waals surface area contributed by atoms with Crippen LogP contribution in [0.25, 0.3) is 0 Å². The smallest absolute Gasteiger partial charge is 0.333 e. The second-order valence-corrected chi connectivity index (χ2v) is 6.47. The highest BCUT2D eigenvalue weighted by molar-refractivity contribution is 5.80. The summed E-state index contributed by atoms with van der Waals surface area (Å²) in [5.74, 6) is 0.0197. The average Bonchev–Trinajstić information content (AvgIpc) is 3.18. The zero-order valence-corrected chi connectivity index (χ0v) is 13.1. The van der Waals surface area contributed by atoms with Gasteiger partial charge in [-0.3, -0.25) is 4.79 Å². The molecule has 0 radical (unpaired) electrons. The molecule has 0 aromatic heterocycles. The van der Waals surface area contributed by atoms with Gasteiger partial charge in [0.2, 0.25) is 5.91 Å². The molecule has 2 fully saturated rings. The summed E-state index contributed by atoms with van der Waals surface area (Å²) in [5, 5.41) is 3.18. The van der Waals surface area contributed by atoms with Crippen molar-refractivity contribution >= 4 is 5.91 Å². The van der Waals surface area contributed by atoms with Gasteiger partial charge in [0.15, 0.2) is 0 Å². The lowest BCUT2D eigenvalue weighted by molar-refractivity contribution is -0.137. The minimum absolute atomic E-state index is 0.0520. The third-order valence-electron chi connectivity index (χ3n) is 4.72. The molecule has 1 aromatic rings. The van der Waals surface area contributed by atoms with Gasteiger partial charge in [0.05, 0.1) is 17.5 Å². The second kappa shape index (κ2) is 6.15. The lowest BCUT2D eigenvalue weighted by atomic mass is 10.0. The lowest BCUT2D eigenvalue weighted by Crippen LogP contribution is -2.40. The van der Waals surface area contributed by atoms with E-state index in [1.807, 2.05) is 11.8 Å². The fourth-order valence-corrected chi connectivity index (χ4v) is 3.25. The summed E-state index contributed by atoms with van der Waals surface area (Å²) in [6, 6.07) is 5.17. The van der Waals surface area contributed by atoms with Crippen LogP contribution >= 0.6 is 0 Å². The topological polar surface area (TPSA) is 32.3 Å². The maximum atomic E-state index is 12.9. The molecule has 0 bridgehead atoms. The highest BCUT2D eigenvalue weighted by atomic mass is 19.4. The van der Waals surface area contributed by atoms with Crippen LogP contribution in [0.5, 0.6) is 0 Å². The largest absolute Gasteiger partial charge is 0.416 e. The minimum atomic E-state index is -4.36. The van der Waals surface area contributed by atoms with Crippen LogP contribution < -0.4 is 5.32 Å². The predicted octanol–water partition coefficient (Wildman–Crippen LogP) is 3.37. The monoisotopic (exact) mass is 326 g/mol. The number of carbonyl (C=O) groups excluding carboxylic acids is 1. The Morgan fingerprint density at radius 3 is 2.61 bits per heavy atom. The van der Waals surface area contributed by atoms with Crippen LogP contribution in [-0.2, 0) is 11.0 Å². The SMILES string of the molecule is C[C@H](c1cccc(C(F)(F)F)c1)N(C(=O)[C@@H]1CCNC1)C1CC1. The van der Waals surface area contributed by atoms with E-state index < -0.39 is 11.7 Å². The quantitative estimate of drug-likeness (QED) is 0.920. The molecule has 1 aromatic carbocycles. The second-order valence-electron chi connectivity index (χ2n) is 6.47. The Kier molecular flexibility index (Phi) is 4.36. The van der Waals surface area contributed by atoms with Crippen molar-refractivity contribution in [2.24, 2.45) is 5.92 Å². The highest BCUT2D eigenvalue weighted by Gasteiger charge is 2.40. The molecule has 3 rings (SSSR count). The fourth-order valence-electron chi connectivity index (χ4n) is 3.25. The number of hydrogen-bond acceptors (Lipinski definition) is 2. The number of carbonyl (C=O) groups is 1. The Morgan fingerprint density at radius 1 is 1.30 bits per heavy atom. The van der Waals surface area contributed by atoms with Crippen molar-refractivity contribution in [2.75, 3.05) is 13.1 Å². The van der Waals surface area contributed by atoms with Gasteiger partial charge in [-0.1, -0.05) is 12.1 Å². The van der Waals surface area contributed by atoms with Crippen molar-refractivity contribution < 1.29 is 18.0 Å². The van der Waals surface area contributed by atoms with Gasteiger partial charge in [0.25, 0.3) is 0 Å². The van der Waals surface area contributed by atoms with Gasteiger partial charge in [-0.15, -0.1) is 0 Å². The molecular weight excluding hydrogens is 305 g/mol. The molecule has 1 amide bonds. The molecule has 1 N–H and O–H groups in total. The number of rotatable bonds is 4. The van der Waals surface area contributed by atoms with E-state index in [2.05, 4.69) is 5.32 Å². The summed E-state index contributed by atoms with van der Waals surface area (Å²) in [6.45, 7) is 3.32. The third-order valence-corrected chi connectivity index (χ3v) is 4.72. The number of halogens is 3. The number of nitrogens with one attached hydrogen (secondary N) is 1. The summed E-state index contributed by atoms with van der Waals surface area (Å²) in [6.07, 6.45) is -1.68. The zero-order valence-electron chi connectivity index (χ0n) is 13.1.